The molecule has 0 amide bonds. The van der Waals surface area contributed by atoms with Crippen molar-refractivity contribution in [3.8, 4) is 0 Å². The van der Waals surface area contributed by atoms with Gasteiger partial charge in [-0.15, -0.1) is 0 Å². The smallest absolute Gasteiger partial charge is 0.00425 e. The summed E-state index contributed by atoms with van der Waals surface area (Å²) in [6.45, 7) is 5.21. The monoisotopic (exact) mass is 203 g/mol. The van der Waals surface area contributed by atoms with Crippen LogP contribution in [0.4, 0.5) is 0 Å². The van der Waals surface area contributed by atoms with Crippen molar-refractivity contribution in [2.24, 2.45) is 11.7 Å². The zero-order valence-corrected chi connectivity index (χ0v) is 9.74. The van der Waals surface area contributed by atoms with E-state index in [0.717, 1.165) is 25.3 Å². The van der Waals surface area contributed by atoms with E-state index in [-0.39, 0.29) is 0 Å². The summed E-state index contributed by atoms with van der Waals surface area (Å²) < 4.78 is 0. The van der Waals surface area contributed by atoms with Crippen molar-refractivity contribution in [2.75, 3.05) is 6.54 Å². The van der Waals surface area contributed by atoms with Gasteiger partial charge >= 0.3 is 0 Å². The molecule has 0 saturated heterocycles. The van der Waals surface area contributed by atoms with Crippen molar-refractivity contribution < 1.29 is 0 Å². The maximum atomic E-state index is 5.42. The minimum atomic E-state index is 0.724. The van der Waals surface area contributed by atoms with E-state index in [0.29, 0.717) is 0 Å². The first kappa shape index (κ1) is 12.0. The van der Waals surface area contributed by atoms with Crippen molar-refractivity contribution in [1.29, 1.82) is 0 Å². The molecule has 1 aromatic rings. The number of benzene rings is 1. The lowest BCUT2D eigenvalue weighted by Gasteiger charge is -2.04. The zero-order valence-electron chi connectivity index (χ0n) is 9.74. The summed E-state index contributed by atoms with van der Waals surface area (Å²) in [5.41, 5.74) is 8.10. The first-order chi connectivity index (χ1) is 7.22. The largest absolute Gasteiger partial charge is 0.330 e. The van der Waals surface area contributed by atoms with Crippen LogP contribution >= 0.6 is 0 Å². The van der Waals surface area contributed by atoms with Gasteiger partial charge in [0, 0.05) is 0 Å². The maximum absolute atomic E-state index is 5.42. The maximum Gasteiger partial charge on any atom is -0.00425 e. The molecule has 0 unspecified atom stereocenters. The second-order valence-corrected chi connectivity index (χ2v) is 4.32. The second kappa shape index (κ2) is 6.41. The first-order valence-corrected chi connectivity index (χ1v) is 5.68. The molecule has 0 bridgehead atoms. The van der Waals surface area contributed by atoms with Crippen LogP contribution in [0.25, 0.3) is 6.08 Å². The van der Waals surface area contributed by atoms with Gasteiger partial charge in [0.15, 0.2) is 0 Å². The fourth-order valence-electron chi connectivity index (χ4n) is 1.55. The van der Waals surface area contributed by atoms with E-state index in [9.17, 15) is 0 Å². The highest BCUT2D eigenvalue weighted by atomic mass is 14.5. The Morgan fingerprint density at radius 2 is 1.87 bits per heavy atom. The van der Waals surface area contributed by atoms with E-state index in [4.69, 9.17) is 5.73 Å². The van der Waals surface area contributed by atoms with Crippen LogP contribution in [0.2, 0.25) is 0 Å². The molecule has 1 rings (SSSR count). The molecule has 0 spiro atoms. The van der Waals surface area contributed by atoms with Crippen molar-refractivity contribution in [1.82, 2.24) is 0 Å². The molecule has 0 fully saturated rings. The zero-order chi connectivity index (χ0) is 11.1. The average Bonchev–Trinajstić information content (AvgIpc) is 2.20. The van der Waals surface area contributed by atoms with E-state index in [1.165, 1.54) is 11.1 Å². The summed E-state index contributed by atoms with van der Waals surface area (Å²) in [5.74, 6) is 0.726. The fourth-order valence-corrected chi connectivity index (χ4v) is 1.55. The molecular formula is C14H21N. The number of nitrogens with two attached hydrogens (primary N) is 1. The minimum Gasteiger partial charge on any atom is -0.330 e. The summed E-state index contributed by atoms with van der Waals surface area (Å²) in [6, 6.07) is 8.76. The molecule has 0 atom stereocenters. The van der Waals surface area contributed by atoms with E-state index >= 15 is 0 Å². The Labute approximate surface area is 93.0 Å². The second-order valence-electron chi connectivity index (χ2n) is 4.32. The van der Waals surface area contributed by atoms with Gasteiger partial charge in [0.1, 0.15) is 0 Å². The molecule has 2 N–H and O–H groups in total. The predicted octanol–water partition coefficient (Wildman–Crippen LogP) is 3.25. The molecule has 1 nitrogen and oxygen atoms in total. The van der Waals surface area contributed by atoms with Gasteiger partial charge in [0.05, 0.1) is 0 Å². The molecular weight excluding hydrogens is 182 g/mol. The highest BCUT2D eigenvalue weighted by Crippen LogP contribution is 2.10. The van der Waals surface area contributed by atoms with Gasteiger partial charge < -0.3 is 5.73 Å². The molecule has 0 aliphatic carbocycles. The van der Waals surface area contributed by atoms with Crippen LogP contribution in [0.5, 0.6) is 0 Å². The van der Waals surface area contributed by atoms with E-state index < -0.39 is 0 Å². The van der Waals surface area contributed by atoms with Gasteiger partial charge in [-0.3, -0.25) is 0 Å². The highest BCUT2D eigenvalue weighted by Gasteiger charge is 1.96. The van der Waals surface area contributed by atoms with E-state index in [1.54, 1.807) is 0 Å². The molecule has 0 radical (unpaired) electrons. The number of hydrogen-bond acceptors (Lipinski definition) is 1. The van der Waals surface area contributed by atoms with Gasteiger partial charge in [-0.05, 0) is 36.4 Å². The van der Waals surface area contributed by atoms with Crippen LogP contribution in [-0.4, -0.2) is 6.54 Å². The van der Waals surface area contributed by atoms with Gasteiger partial charge in [-0.2, -0.15) is 0 Å². The van der Waals surface area contributed by atoms with Gasteiger partial charge in [0.25, 0.3) is 0 Å². The average molecular weight is 203 g/mol. The Kier molecular flexibility index (Phi) is 5.13. The lowest BCUT2D eigenvalue weighted by Crippen LogP contribution is -1.95. The number of rotatable bonds is 5. The van der Waals surface area contributed by atoms with Gasteiger partial charge in [0.2, 0.25) is 0 Å². The van der Waals surface area contributed by atoms with Crippen LogP contribution in [0.3, 0.4) is 0 Å². The molecule has 15 heavy (non-hydrogen) atoms. The SMILES string of the molecule is CC(C)Cc1ccc(/C=C/CCN)cc1. The molecule has 82 valence electrons. The van der Waals surface area contributed by atoms with Gasteiger partial charge in [-0.25, -0.2) is 0 Å². The Bertz CT molecular complexity index is 296. The van der Waals surface area contributed by atoms with Gasteiger partial charge in [-0.1, -0.05) is 50.3 Å². The molecule has 0 saturated carbocycles. The topological polar surface area (TPSA) is 26.0 Å². The number of hydrogen-bond donors (Lipinski definition) is 1. The highest BCUT2D eigenvalue weighted by molar-refractivity contribution is 5.49. The Morgan fingerprint density at radius 1 is 1.20 bits per heavy atom. The summed E-state index contributed by atoms with van der Waals surface area (Å²) in [5, 5.41) is 0. The lowest BCUT2D eigenvalue weighted by molar-refractivity contribution is 0.647. The summed E-state index contributed by atoms with van der Waals surface area (Å²) in [6.07, 6.45) is 6.37. The van der Waals surface area contributed by atoms with Crippen LogP contribution in [-0.2, 0) is 6.42 Å². The molecule has 0 aromatic heterocycles. The molecule has 0 aliphatic rings. The minimum absolute atomic E-state index is 0.724. The van der Waals surface area contributed by atoms with E-state index in [1.807, 2.05) is 0 Å². The molecule has 1 aromatic carbocycles. The third-order valence-electron chi connectivity index (χ3n) is 2.27. The Balaban J connectivity index is 2.56. The molecule has 0 heterocycles. The predicted molar refractivity (Wildman–Crippen MR) is 67.7 cm³/mol. The van der Waals surface area contributed by atoms with E-state index in [2.05, 4.69) is 50.3 Å². The van der Waals surface area contributed by atoms with Crippen LogP contribution in [0.1, 0.15) is 31.4 Å². The van der Waals surface area contributed by atoms with Crippen LogP contribution < -0.4 is 5.73 Å². The van der Waals surface area contributed by atoms with Crippen molar-refractivity contribution in [2.45, 2.75) is 26.7 Å². The fraction of sp³-hybridized carbons (Fsp3) is 0.429. The standard InChI is InChI=1S/C14H21N/c1-12(2)11-14-8-6-13(7-9-14)5-3-4-10-15/h3,5-9,12H,4,10-11,15H2,1-2H3/b5-3+. The quantitative estimate of drug-likeness (QED) is 0.781. The third-order valence-corrected chi connectivity index (χ3v) is 2.27. The Hall–Kier alpha value is -1.08. The van der Waals surface area contributed by atoms with Crippen LogP contribution in [0.15, 0.2) is 30.3 Å². The van der Waals surface area contributed by atoms with Crippen molar-refractivity contribution in [3.05, 3.63) is 41.5 Å². The summed E-state index contributed by atoms with van der Waals surface area (Å²) in [4.78, 5) is 0. The first-order valence-electron chi connectivity index (χ1n) is 5.68. The summed E-state index contributed by atoms with van der Waals surface area (Å²) >= 11 is 0. The summed E-state index contributed by atoms with van der Waals surface area (Å²) in [7, 11) is 0. The Morgan fingerprint density at radius 3 is 2.40 bits per heavy atom. The van der Waals surface area contributed by atoms with Crippen molar-refractivity contribution in [3.63, 3.8) is 0 Å². The third kappa shape index (κ3) is 4.80. The molecule has 0 aliphatic heterocycles. The van der Waals surface area contributed by atoms with Crippen LogP contribution in [0, 0.1) is 5.92 Å². The normalized spacial score (nSPS) is 11.5. The molecule has 1 heteroatoms. The van der Waals surface area contributed by atoms with Crippen molar-refractivity contribution >= 4 is 6.08 Å². The lowest BCUT2D eigenvalue weighted by atomic mass is 10.0.